The van der Waals surface area contributed by atoms with Gasteiger partial charge in [-0.1, -0.05) is 6.07 Å². The van der Waals surface area contributed by atoms with Crippen LogP contribution in [-0.2, 0) is 12.1 Å². The number of nitrogens with zero attached hydrogens (tertiary/aromatic N) is 5. The molecule has 1 aromatic carbocycles. The van der Waals surface area contributed by atoms with E-state index in [1.807, 2.05) is 20.8 Å². The second kappa shape index (κ2) is 7.58. The van der Waals surface area contributed by atoms with Crippen molar-refractivity contribution in [3.8, 4) is 0 Å². The van der Waals surface area contributed by atoms with E-state index in [9.17, 15) is 8.78 Å². The summed E-state index contributed by atoms with van der Waals surface area (Å²) in [7, 11) is 0. The van der Waals surface area contributed by atoms with E-state index in [1.165, 1.54) is 23.0 Å². The SMILES string of the molecule is CC(C)(C)n1nnc(CNC2=NCC(c3c(F)cccc3F)N2)n1.I. The zero-order valence-corrected chi connectivity index (χ0v) is 16.5. The van der Waals surface area contributed by atoms with E-state index in [2.05, 4.69) is 31.0 Å². The van der Waals surface area contributed by atoms with Gasteiger partial charge in [-0.3, -0.25) is 4.99 Å². The molecule has 2 aromatic rings. The minimum absolute atomic E-state index is 0. The molecule has 10 heteroatoms. The van der Waals surface area contributed by atoms with Crippen molar-refractivity contribution in [3.05, 3.63) is 41.2 Å². The normalized spacial score (nSPS) is 16.8. The second-order valence-electron chi connectivity index (χ2n) is 6.54. The van der Waals surface area contributed by atoms with Crippen molar-refractivity contribution in [1.82, 2.24) is 30.8 Å². The van der Waals surface area contributed by atoms with Crippen molar-refractivity contribution in [1.29, 1.82) is 0 Å². The Morgan fingerprint density at radius 2 is 1.96 bits per heavy atom. The van der Waals surface area contributed by atoms with E-state index in [0.29, 0.717) is 18.3 Å². The maximum absolute atomic E-state index is 13.8. The molecule has 7 nitrogen and oxygen atoms in total. The van der Waals surface area contributed by atoms with Gasteiger partial charge in [0.2, 0.25) is 0 Å². The van der Waals surface area contributed by atoms with E-state index >= 15 is 0 Å². The molecular weight excluding hydrogens is 443 g/mol. The Morgan fingerprint density at radius 1 is 1.28 bits per heavy atom. The molecule has 3 rings (SSSR count). The minimum Gasteiger partial charge on any atom is -0.349 e. The molecule has 2 N–H and O–H groups in total. The quantitative estimate of drug-likeness (QED) is 0.682. The predicted molar refractivity (Wildman–Crippen MR) is 99.6 cm³/mol. The molecule has 2 heterocycles. The van der Waals surface area contributed by atoms with Crippen LogP contribution in [0.2, 0.25) is 0 Å². The second-order valence-corrected chi connectivity index (χ2v) is 6.54. The topological polar surface area (TPSA) is 80.0 Å². The van der Waals surface area contributed by atoms with Crippen LogP contribution in [0, 0.1) is 11.6 Å². The van der Waals surface area contributed by atoms with Gasteiger partial charge in [-0.05, 0) is 38.1 Å². The third kappa shape index (κ3) is 4.41. The fourth-order valence-electron chi connectivity index (χ4n) is 2.31. The van der Waals surface area contributed by atoms with Crippen LogP contribution in [0.25, 0.3) is 0 Å². The Hall–Kier alpha value is -1.85. The first kappa shape index (κ1) is 19.5. The van der Waals surface area contributed by atoms with Crippen LogP contribution in [0.15, 0.2) is 23.2 Å². The summed E-state index contributed by atoms with van der Waals surface area (Å²) in [5.41, 5.74) is -0.253. The maximum atomic E-state index is 13.8. The van der Waals surface area contributed by atoms with Gasteiger partial charge in [0.05, 0.1) is 24.7 Å². The van der Waals surface area contributed by atoms with Gasteiger partial charge in [-0.25, -0.2) is 8.78 Å². The zero-order valence-electron chi connectivity index (χ0n) is 14.1. The zero-order chi connectivity index (χ0) is 17.3. The summed E-state index contributed by atoms with van der Waals surface area (Å²) < 4.78 is 27.6. The van der Waals surface area contributed by atoms with Crippen LogP contribution in [0.1, 0.15) is 38.2 Å². The smallest absolute Gasteiger partial charge is 0.193 e. The standard InChI is InChI=1S/C15H19F2N7.HI/c1-15(2,3)24-22-12(21-23-24)8-19-14-18-7-11(20-14)13-9(16)5-4-6-10(13)17;/h4-6,11H,7-8H2,1-3H3,(H2,18,19,20);1H. The molecule has 0 amide bonds. The van der Waals surface area contributed by atoms with Gasteiger partial charge in [-0.15, -0.1) is 34.2 Å². The lowest BCUT2D eigenvalue weighted by Crippen LogP contribution is -2.35. The van der Waals surface area contributed by atoms with Crippen molar-refractivity contribution < 1.29 is 8.78 Å². The molecule has 1 aliphatic heterocycles. The largest absolute Gasteiger partial charge is 0.349 e. The molecule has 1 aromatic heterocycles. The average molecular weight is 463 g/mol. The highest BCUT2D eigenvalue weighted by Gasteiger charge is 2.25. The lowest BCUT2D eigenvalue weighted by atomic mass is 10.1. The molecule has 1 aliphatic rings. The van der Waals surface area contributed by atoms with Gasteiger partial charge < -0.3 is 10.6 Å². The molecule has 0 fully saturated rings. The molecule has 0 saturated carbocycles. The Labute approximate surface area is 161 Å². The molecular formula is C15H20F2IN7. The van der Waals surface area contributed by atoms with E-state index in [1.54, 1.807) is 0 Å². The molecule has 1 atom stereocenters. The lowest BCUT2D eigenvalue weighted by Gasteiger charge is -2.15. The molecule has 1 unspecified atom stereocenters. The number of halogens is 3. The summed E-state index contributed by atoms with van der Waals surface area (Å²) in [6.07, 6.45) is 0. The van der Waals surface area contributed by atoms with Crippen molar-refractivity contribution in [2.75, 3.05) is 6.54 Å². The van der Waals surface area contributed by atoms with Crippen LogP contribution < -0.4 is 10.6 Å². The molecule has 0 bridgehead atoms. The number of hydrogen-bond acceptors (Lipinski definition) is 6. The molecule has 25 heavy (non-hydrogen) atoms. The number of aromatic nitrogens is 4. The summed E-state index contributed by atoms with van der Waals surface area (Å²) >= 11 is 0. The monoisotopic (exact) mass is 463 g/mol. The van der Waals surface area contributed by atoms with Crippen LogP contribution >= 0.6 is 24.0 Å². The number of aliphatic imine (C=N–C) groups is 1. The fraction of sp³-hybridized carbons (Fsp3) is 0.467. The van der Waals surface area contributed by atoms with E-state index in [4.69, 9.17) is 0 Å². The van der Waals surface area contributed by atoms with Crippen LogP contribution in [0.3, 0.4) is 0 Å². The lowest BCUT2D eigenvalue weighted by molar-refractivity contribution is 0.305. The maximum Gasteiger partial charge on any atom is 0.193 e. The van der Waals surface area contributed by atoms with Crippen LogP contribution in [0.5, 0.6) is 0 Å². The molecule has 0 aliphatic carbocycles. The first-order valence-electron chi connectivity index (χ1n) is 7.63. The number of guanidine groups is 1. The average Bonchev–Trinajstić information content (AvgIpc) is 3.13. The summed E-state index contributed by atoms with van der Waals surface area (Å²) in [4.78, 5) is 5.76. The van der Waals surface area contributed by atoms with Gasteiger partial charge in [0.1, 0.15) is 11.6 Å². The predicted octanol–water partition coefficient (Wildman–Crippen LogP) is 2.11. The Morgan fingerprint density at radius 3 is 2.56 bits per heavy atom. The molecule has 0 spiro atoms. The summed E-state index contributed by atoms with van der Waals surface area (Å²) in [5, 5.41) is 18.2. The van der Waals surface area contributed by atoms with Crippen LogP contribution in [0.4, 0.5) is 8.78 Å². The van der Waals surface area contributed by atoms with Crippen molar-refractivity contribution in [3.63, 3.8) is 0 Å². The van der Waals surface area contributed by atoms with Gasteiger partial charge in [0, 0.05) is 5.56 Å². The number of nitrogens with one attached hydrogen (secondary N) is 2. The van der Waals surface area contributed by atoms with Crippen molar-refractivity contribution >= 4 is 29.9 Å². The Bertz CT molecular complexity index is 749. The van der Waals surface area contributed by atoms with E-state index < -0.39 is 17.7 Å². The van der Waals surface area contributed by atoms with E-state index in [0.717, 1.165) is 0 Å². The number of tetrazole rings is 1. The highest BCUT2D eigenvalue weighted by atomic mass is 127. The van der Waals surface area contributed by atoms with Crippen molar-refractivity contribution in [2.24, 2.45) is 4.99 Å². The third-order valence-electron chi connectivity index (χ3n) is 3.56. The van der Waals surface area contributed by atoms with Gasteiger partial charge in [0.15, 0.2) is 11.8 Å². The Kier molecular flexibility index (Phi) is 5.91. The van der Waals surface area contributed by atoms with Gasteiger partial charge in [0.25, 0.3) is 0 Å². The highest BCUT2D eigenvalue weighted by Crippen LogP contribution is 2.23. The summed E-state index contributed by atoms with van der Waals surface area (Å²) in [6, 6.07) is 3.28. The first-order chi connectivity index (χ1) is 11.3. The first-order valence-corrected chi connectivity index (χ1v) is 7.63. The number of rotatable bonds is 3. The molecule has 0 saturated heterocycles. The highest BCUT2D eigenvalue weighted by molar-refractivity contribution is 14.0. The third-order valence-corrected chi connectivity index (χ3v) is 3.56. The van der Waals surface area contributed by atoms with Crippen LogP contribution in [-0.4, -0.2) is 32.7 Å². The van der Waals surface area contributed by atoms with Gasteiger partial charge >= 0.3 is 0 Å². The van der Waals surface area contributed by atoms with Gasteiger partial charge in [-0.2, -0.15) is 4.80 Å². The summed E-state index contributed by atoms with van der Waals surface area (Å²) in [5.74, 6) is -0.206. The minimum atomic E-state index is -0.585. The number of benzene rings is 1. The molecule has 136 valence electrons. The van der Waals surface area contributed by atoms with E-state index in [-0.39, 0.29) is 41.6 Å². The van der Waals surface area contributed by atoms with Crippen molar-refractivity contribution in [2.45, 2.75) is 38.9 Å². The Balaban J connectivity index is 0.00000225. The number of hydrogen-bond donors (Lipinski definition) is 2. The molecule has 0 radical (unpaired) electrons. The summed E-state index contributed by atoms with van der Waals surface area (Å²) in [6.45, 7) is 6.49. The fourth-order valence-corrected chi connectivity index (χ4v) is 2.31.